The molecule has 0 atom stereocenters. The highest BCUT2D eigenvalue weighted by molar-refractivity contribution is 5.61. The van der Waals surface area contributed by atoms with Gasteiger partial charge in [-0.05, 0) is 30.3 Å². The van der Waals surface area contributed by atoms with Gasteiger partial charge in [0.05, 0.1) is 0 Å². The highest BCUT2D eigenvalue weighted by Crippen LogP contribution is 2.10. The fourth-order valence-corrected chi connectivity index (χ4v) is 1.68. The Morgan fingerprint density at radius 2 is 1.67 bits per heavy atom. The van der Waals surface area contributed by atoms with Crippen LogP contribution in [0.5, 0.6) is 0 Å². The lowest BCUT2D eigenvalue weighted by Gasteiger charge is -2.17. The summed E-state index contributed by atoms with van der Waals surface area (Å²) in [6.07, 6.45) is 1.60. The van der Waals surface area contributed by atoms with E-state index in [9.17, 15) is 0 Å². The Labute approximate surface area is 109 Å². The average molecular weight is 239 g/mol. The van der Waals surface area contributed by atoms with Crippen molar-refractivity contribution < 1.29 is 0 Å². The smallest absolute Gasteiger partial charge is 0.130 e. The van der Waals surface area contributed by atoms with Crippen molar-refractivity contribution in [2.45, 2.75) is 20.4 Å². The van der Waals surface area contributed by atoms with Crippen LogP contribution in [-0.2, 0) is 6.54 Å². The van der Waals surface area contributed by atoms with Crippen LogP contribution >= 0.6 is 0 Å². The van der Waals surface area contributed by atoms with Crippen LogP contribution < -0.4 is 0 Å². The summed E-state index contributed by atoms with van der Waals surface area (Å²) in [5.41, 5.74) is 2.26. The molecule has 0 amide bonds. The van der Waals surface area contributed by atoms with E-state index in [1.54, 1.807) is 6.08 Å². The summed E-state index contributed by atoms with van der Waals surface area (Å²) in [7, 11) is 0. The third kappa shape index (κ3) is 4.05. The molecule has 0 aliphatic rings. The minimum Gasteiger partial charge on any atom is -0.300 e. The molecule has 1 rings (SSSR count). The van der Waals surface area contributed by atoms with Gasteiger partial charge in [-0.2, -0.15) is 10.5 Å². The Kier molecular flexibility index (Phi) is 5.64. The van der Waals surface area contributed by atoms with Crippen molar-refractivity contribution in [2.75, 3.05) is 13.1 Å². The lowest BCUT2D eigenvalue weighted by Crippen LogP contribution is -2.21. The quantitative estimate of drug-likeness (QED) is 0.742. The summed E-state index contributed by atoms with van der Waals surface area (Å²) in [5, 5.41) is 17.4. The van der Waals surface area contributed by atoms with Crippen LogP contribution in [0.2, 0.25) is 0 Å². The molecule has 1 aromatic carbocycles. The second-order valence-electron chi connectivity index (χ2n) is 3.98. The standard InChI is InChI=1S/C15H17N3/c1-3-18(4-2)12-14-7-5-13(6-8-14)9-15(10-16)11-17/h5-9H,3-4,12H2,1-2H3. The Balaban J connectivity index is 2.78. The van der Waals surface area contributed by atoms with Gasteiger partial charge >= 0.3 is 0 Å². The van der Waals surface area contributed by atoms with Crippen molar-refractivity contribution in [3.05, 3.63) is 41.0 Å². The molecule has 0 N–H and O–H groups in total. The molecule has 0 spiro atoms. The zero-order valence-electron chi connectivity index (χ0n) is 10.8. The number of allylic oxidation sites excluding steroid dienone is 1. The number of nitriles is 2. The van der Waals surface area contributed by atoms with Crippen molar-refractivity contribution in [2.24, 2.45) is 0 Å². The maximum Gasteiger partial charge on any atom is 0.130 e. The molecule has 0 saturated heterocycles. The van der Waals surface area contributed by atoms with E-state index in [0.717, 1.165) is 25.2 Å². The van der Waals surface area contributed by atoms with Gasteiger partial charge in [0.15, 0.2) is 0 Å². The van der Waals surface area contributed by atoms with Crippen LogP contribution in [0.15, 0.2) is 29.8 Å². The Morgan fingerprint density at radius 1 is 1.11 bits per heavy atom. The van der Waals surface area contributed by atoms with Gasteiger partial charge in [-0.1, -0.05) is 38.1 Å². The number of hydrogen-bond acceptors (Lipinski definition) is 3. The third-order valence-corrected chi connectivity index (χ3v) is 2.83. The lowest BCUT2D eigenvalue weighted by atomic mass is 10.1. The Bertz CT molecular complexity index is 466. The summed E-state index contributed by atoms with van der Waals surface area (Å²) in [5.74, 6) is 0. The van der Waals surface area contributed by atoms with Gasteiger partial charge in [0.1, 0.15) is 17.7 Å². The van der Waals surface area contributed by atoms with E-state index in [-0.39, 0.29) is 5.57 Å². The van der Waals surface area contributed by atoms with Crippen LogP contribution in [0, 0.1) is 22.7 Å². The number of benzene rings is 1. The third-order valence-electron chi connectivity index (χ3n) is 2.83. The maximum absolute atomic E-state index is 8.68. The van der Waals surface area contributed by atoms with Crippen molar-refractivity contribution in [3.63, 3.8) is 0 Å². The first kappa shape index (κ1) is 14.0. The van der Waals surface area contributed by atoms with Crippen molar-refractivity contribution in [1.29, 1.82) is 10.5 Å². The molecule has 0 aromatic heterocycles. The van der Waals surface area contributed by atoms with Crippen LogP contribution in [-0.4, -0.2) is 18.0 Å². The van der Waals surface area contributed by atoms with E-state index in [2.05, 4.69) is 18.7 Å². The lowest BCUT2D eigenvalue weighted by molar-refractivity contribution is 0.296. The van der Waals surface area contributed by atoms with Gasteiger partial charge in [0, 0.05) is 6.54 Å². The fraction of sp³-hybridized carbons (Fsp3) is 0.333. The molecule has 1 aromatic rings. The SMILES string of the molecule is CCN(CC)Cc1ccc(C=C(C#N)C#N)cc1. The molecule has 0 bridgehead atoms. The molecule has 3 nitrogen and oxygen atoms in total. The minimum atomic E-state index is 0.131. The van der Waals surface area contributed by atoms with Crippen molar-refractivity contribution in [3.8, 4) is 12.1 Å². The average Bonchev–Trinajstić information content (AvgIpc) is 2.43. The van der Waals surface area contributed by atoms with Crippen LogP contribution in [0.4, 0.5) is 0 Å². The predicted molar refractivity (Wildman–Crippen MR) is 72.3 cm³/mol. The molecule has 0 aliphatic carbocycles. The van der Waals surface area contributed by atoms with E-state index in [1.165, 1.54) is 5.56 Å². The van der Waals surface area contributed by atoms with E-state index in [1.807, 2.05) is 36.4 Å². The van der Waals surface area contributed by atoms with Crippen molar-refractivity contribution >= 4 is 6.08 Å². The first-order valence-corrected chi connectivity index (χ1v) is 6.06. The number of rotatable bonds is 5. The first-order chi connectivity index (χ1) is 8.73. The molecular formula is C15H17N3. The summed E-state index contributed by atoms with van der Waals surface area (Å²) in [4.78, 5) is 2.33. The van der Waals surface area contributed by atoms with E-state index >= 15 is 0 Å². The van der Waals surface area contributed by atoms with Crippen LogP contribution in [0.25, 0.3) is 6.08 Å². The second-order valence-corrected chi connectivity index (χ2v) is 3.98. The molecule has 0 saturated carbocycles. The number of hydrogen-bond donors (Lipinski definition) is 0. The van der Waals surface area contributed by atoms with Crippen LogP contribution in [0.3, 0.4) is 0 Å². The largest absolute Gasteiger partial charge is 0.300 e. The molecule has 0 aliphatic heterocycles. The van der Waals surface area contributed by atoms with Crippen molar-refractivity contribution in [1.82, 2.24) is 4.90 Å². The predicted octanol–water partition coefficient (Wildman–Crippen LogP) is 2.96. The molecule has 18 heavy (non-hydrogen) atoms. The van der Waals surface area contributed by atoms with Gasteiger partial charge in [0.2, 0.25) is 0 Å². The van der Waals surface area contributed by atoms with Gasteiger partial charge in [-0.25, -0.2) is 0 Å². The highest BCUT2D eigenvalue weighted by atomic mass is 15.1. The summed E-state index contributed by atoms with van der Waals surface area (Å²) < 4.78 is 0. The molecule has 3 heteroatoms. The van der Waals surface area contributed by atoms with Gasteiger partial charge in [-0.15, -0.1) is 0 Å². The summed E-state index contributed by atoms with van der Waals surface area (Å²) in [6.45, 7) is 7.29. The fourth-order valence-electron chi connectivity index (χ4n) is 1.68. The normalized spacial score (nSPS) is 9.61. The highest BCUT2D eigenvalue weighted by Gasteiger charge is 2.01. The molecule has 0 radical (unpaired) electrons. The second kappa shape index (κ2) is 7.27. The molecular weight excluding hydrogens is 222 g/mol. The first-order valence-electron chi connectivity index (χ1n) is 6.06. The molecule has 0 heterocycles. The van der Waals surface area contributed by atoms with E-state index in [0.29, 0.717) is 0 Å². The van der Waals surface area contributed by atoms with E-state index in [4.69, 9.17) is 10.5 Å². The van der Waals surface area contributed by atoms with Gasteiger partial charge < -0.3 is 0 Å². The summed E-state index contributed by atoms with van der Waals surface area (Å²) in [6, 6.07) is 11.7. The zero-order chi connectivity index (χ0) is 13.4. The molecule has 0 fully saturated rings. The maximum atomic E-state index is 8.68. The Morgan fingerprint density at radius 3 is 2.11 bits per heavy atom. The number of nitrogens with zero attached hydrogens (tertiary/aromatic N) is 3. The summed E-state index contributed by atoms with van der Waals surface area (Å²) >= 11 is 0. The van der Waals surface area contributed by atoms with E-state index < -0.39 is 0 Å². The molecule has 92 valence electrons. The van der Waals surface area contributed by atoms with Crippen LogP contribution in [0.1, 0.15) is 25.0 Å². The molecule has 0 unspecified atom stereocenters. The monoisotopic (exact) mass is 239 g/mol. The minimum absolute atomic E-state index is 0.131. The topological polar surface area (TPSA) is 50.8 Å². The Hall–Kier alpha value is -2.10. The van der Waals surface area contributed by atoms with Gasteiger partial charge in [-0.3, -0.25) is 4.90 Å². The van der Waals surface area contributed by atoms with Gasteiger partial charge in [0.25, 0.3) is 0 Å². The zero-order valence-corrected chi connectivity index (χ0v) is 10.8.